The largest absolute Gasteiger partial charge is 0.353 e. The van der Waals surface area contributed by atoms with E-state index in [2.05, 4.69) is 26.2 Å². The zero-order valence-corrected chi connectivity index (χ0v) is 18.7. The number of piperazine rings is 1. The van der Waals surface area contributed by atoms with Crippen molar-refractivity contribution >= 4 is 17.7 Å². The summed E-state index contributed by atoms with van der Waals surface area (Å²) in [6.45, 7) is 5.36. The highest BCUT2D eigenvalue weighted by atomic mass is 16.2. The Bertz CT molecular complexity index is 689. The zero-order chi connectivity index (χ0) is 20.8. The van der Waals surface area contributed by atoms with Gasteiger partial charge in [-0.25, -0.2) is 4.98 Å². The number of nitrogens with zero attached hydrogens (tertiary/aromatic N) is 4. The number of rotatable bonds is 6. The van der Waals surface area contributed by atoms with Crippen molar-refractivity contribution in [1.29, 1.82) is 0 Å². The molecule has 6 nitrogen and oxygen atoms in total. The van der Waals surface area contributed by atoms with Gasteiger partial charge in [0.2, 0.25) is 11.9 Å². The van der Waals surface area contributed by atoms with E-state index < -0.39 is 0 Å². The predicted molar refractivity (Wildman–Crippen MR) is 122 cm³/mol. The van der Waals surface area contributed by atoms with E-state index in [1.165, 1.54) is 64.2 Å². The van der Waals surface area contributed by atoms with Crippen molar-refractivity contribution in [2.24, 2.45) is 5.92 Å². The van der Waals surface area contributed by atoms with Gasteiger partial charge in [-0.15, -0.1) is 0 Å². The van der Waals surface area contributed by atoms with Crippen LogP contribution in [-0.2, 0) is 4.79 Å². The number of aryl methyl sites for hydroxylation is 1. The fourth-order valence-electron chi connectivity index (χ4n) is 5.35. The van der Waals surface area contributed by atoms with Crippen LogP contribution < -0.4 is 10.2 Å². The van der Waals surface area contributed by atoms with E-state index in [-0.39, 0.29) is 0 Å². The number of aromatic nitrogens is 2. The second kappa shape index (κ2) is 10.5. The maximum absolute atomic E-state index is 12.7. The third-order valence-corrected chi connectivity index (χ3v) is 7.23. The van der Waals surface area contributed by atoms with E-state index in [1.54, 1.807) is 0 Å². The average molecular weight is 414 g/mol. The third kappa shape index (κ3) is 5.86. The van der Waals surface area contributed by atoms with Gasteiger partial charge < -0.3 is 15.1 Å². The van der Waals surface area contributed by atoms with Crippen LogP contribution in [0.15, 0.2) is 6.07 Å². The molecule has 0 unspecified atom stereocenters. The molecule has 6 heteroatoms. The smallest absolute Gasteiger partial charge is 0.225 e. The molecule has 2 saturated carbocycles. The molecule has 166 valence electrons. The minimum absolute atomic E-state index is 0.346. The van der Waals surface area contributed by atoms with Gasteiger partial charge in [0.1, 0.15) is 5.82 Å². The molecule has 1 aromatic heterocycles. The molecule has 1 amide bonds. The Morgan fingerprint density at radius 1 is 0.967 bits per heavy atom. The average Bonchev–Trinajstić information content (AvgIpc) is 2.78. The normalized spacial score (nSPS) is 21.6. The minimum Gasteiger partial charge on any atom is -0.353 e. The van der Waals surface area contributed by atoms with Gasteiger partial charge in [0.05, 0.1) is 0 Å². The standard InChI is InChI=1S/C24H39N5O/c1-19-18-22(27-24(25-19)26-21-10-6-3-7-11-21)28-14-16-29(17-15-28)23(30)13-12-20-8-4-2-5-9-20/h18,20-21H,2-17H2,1H3,(H,25,26,27). The molecule has 3 aliphatic rings. The monoisotopic (exact) mass is 413 g/mol. The van der Waals surface area contributed by atoms with Crippen LogP contribution in [-0.4, -0.2) is 53.0 Å². The molecule has 1 N–H and O–H groups in total. The first-order valence-corrected chi connectivity index (χ1v) is 12.3. The molecule has 2 heterocycles. The zero-order valence-electron chi connectivity index (χ0n) is 18.7. The summed E-state index contributed by atoms with van der Waals surface area (Å²) in [5, 5.41) is 3.56. The summed E-state index contributed by atoms with van der Waals surface area (Å²) in [7, 11) is 0. The van der Waals surface area contributed by atoms with Crippen molar-refractivity contribution in [1.82, 2.24) is 14.9 Å². The van der Waals surface area contributed by atoms with Crippen LogP contribution in [0.5, 0.6) is 0 Å². The van der Waals surface area contributed by atoms with Gasteiger partial charge in [0.25, 0.3) is 0 Å². The van der Waals surface area contributed by atoms with Crippen molar-refractivity contribution < 1.29 is 4.79 Å². The molecular formula is C24H39N5O. The SMILES string of the molecule is Cc1cc(N2CCN(C(=O)CCC3CCCCC3)CC2)nc(NC2CCCCC2)n1. The van der Waals surface area contributed by atoms with Gasteiger partial charge in [-0.2, -0.15) is 4.98 Å². The van der Waals surface area contributed by atoms with Gasteiger partial charge >= 0.3 is 0 Å². The molecule has 0 atom stereocenters. The molecular weight excluding hydrogens is 374 g/mol. The van der Waals surface area contributed by atoms with Crippen LogP contribution in [0.1, 0.15) is 82.7 Å². The molecule has 1 saturated heterocycles. The Labute approximate surface area is 181 Å². The van der Waals surface area contributed by atoms with Gasteiger partial charge in [-0.05, 0) is 32.1 Å². The number of hydrogen-bond acceptors (Lipinski definition) is 5. The molecule has 4 rings (SSSR count). The molecule has 3 fully saturated rings. The highest BCUT2D eigenvalue weighted by Crippen LogP contribution is 2.28. The maximum atomic E-state index is 12.7. The van der Waals surface area contributed by atoms with E-state index >= 15 is 0 Å². The summed E-state index contributed by atoms with van der Waals surface area (Å²) in [6.07, 6.45) is 14.9. The lowest BCUT2D eigenvalue weighted by Crippen LogP contribution is -2.49. The first-order valence-electron chi connectivity index (χ1n) is 12.3. The molecule has 0 spiro atoms. The summed E-state index contributed by atoms with van der Waals surface area (Å²) in [6, 6.07) is 2.58. The van der Waals surface area contributed by atoms with Crippen molar-refractivity contribution in [3.63, 3.8) is 0 Å². The quantitative estimate of drug-likeness (QED) is 0.742. The van der Waals surface area contributed by atoms with Crippen molar-refractivity contribution in [3.8, 4) is 0 Å². The molecule has 1 aromatic rings. The summed E-state index contributed by atoms with van der Waals surface area (Å²) in [5.41, 5.74) is 1.00. The fourth-order valence-corrected chi connectivity index (χ4v) is 5.35. The number of carbonyl (C=O) groups excluding carboxylic acids is 1. The molecule has 30 heavy (non-hydrogen) atoms. The Morgan fingerprint density at radius 2 is 1.63 bits per heavy atom. The first kappa shape index (κ1) is 21.4. The molecule has 0 bridgehead atoms. The minimum atomic E-state index is 0.346. The van der Waals surface area contributed by atoms with Crippen LogP contribution in [0.3, 0.4) is 0 Å². The van der Waals surface area contributed by atoms with E-state index in [4.69, 9.17) is 4.98 Å². The van der Waals surface area contributed by atoms with Crippen molar-refractivity contribution in [2.75, 3.05) is 36.4 Å². The molecule has 2 aliphatic carbocycles. The van der Waals surface area contributed by atoms with E-state index in [1.807, 2.05) is 6.92 Å². The summed E-state index contributed by atoms with van der Waals surface area (Å²) < 4.78 is 0. The number of nitrogens with one attached hydrogen (secondary N) is 1. The molecule has 0 aromatic carbocycles. The van der Waals surface area contributed by atoms with Gasteiger partial charge in [0, 0.05) is 50.4 Å². The van der Waals surface area contributed by atoms with Gasteiger partial charge in [-0.3, -0.25) is 4.79 Å². The van der Waals surface area contributed by atoms with Crippen molar-refractivity contribution in [2.45, 2.75) is 90.0 Å². The van der Waals surface area contributed by atoms with E-state index in [0.29, 0.717) is 11.9 Å². The number of amides is 1. The number of anilines is 2. The third-order valence-electron chi connectivity index (χ3n) is 7.23. The Hall–Kier alpha value is -1.85. The Balaban J connectivity index is 1.27. The van der Waals surface area contributed by atoms with E-state index in [9.17, 15) is 4.79 Å². The highest BCUT2D eigenvalue weighted by Gasteiger charge is 2.24. The van der Waals surface area contributed by atoms with Crippen LogP contribution in [0, 0.1) is 12.8 Å². The number of carbonyl (C=O) groups is 1. The second-order valence-corrected chi connectivity index (χ2v) is 9.58. The van der Waals surface area contributed by atoms with Crippen LogP contribution in [0.4, 0.5) is 11.8 Å². The topological polar surface area (TPSA) is 61.4 Å². The fraction of sp³-hybridized carbons (Fsp3) is 0.792. The first-order chi connectivity index (χ1) is 14.7. The van der Waals surface area contributed by atoms with Crippen molar-refractivity contribution in [3.05, 3.63) is 11.8 Å². The van der Waals surface area contributed by atoms with E-state index in [0.717, 1.165) is 62.4 Å². The lowest BCUT2D eigenvalue weighted by Gasteiger charge is -2.36. The van der Waals surface area contributed by atoms with Crippen LogP contribution in [0.2, 0.25) is 0 Å². The lowest BCUT2D eigenvalue weighted by atomic mass is 9.86. The predicted octanol–water partition coefficient (Wildman–Crippen LogP) is 4.54. The summed E-state index contributed by atoms with van der Waals surface area (Å²) >= 11 is 0. The molecule has 1 aliphatic heterocycles. The van der Waals surface area contributed by atoms with Gasteiger partial charge in [0.15, 0.2) is 0 Å². The van der Waals surface area contributed by atoms with Gasteiger partial charge in [-0.1, -0.05) is 51.4 Å². The highest BCUT2D eigenvalue weighted by molar-refractivity contribution is 5.76. The second-order valence-electron chi connectivity index (χ2n) is 9.58. The molecule has 0 radical (unpaired) electrons. The lowest BCUT2D eigenvalue weighted by molar-refractivity contribution is -0.131. The number of hydrogen-bond donors (Lipinski definition) is 1. The summed E-state index contributed by atoms with van der Waals surface area (Å²) in [4.78, 5) is 26.5. The Morgan fingerprint density at radius 3 is 2.33 bits per heavy atom. The Kier molecular flexibility index (Phi) is 7.45. The summed E-state index contributed by atoms with van der Waals surface area (Å²) in [5.74, 6) is 2.89. The van der Waals surface area contributed by atoms with Crippen LogP contribution >= 0.6 is 0 Å². The maximum Gasteiger partial charge on any atom is 0.225 e. The van der Waals surface area contributed by atoms with Crippen LogP contribution in [0.25, 0.3) is 0 Å².